The van der Waals surface area contributed by atoms with Gasteiger partial charge >= 0.3 is 11.9 Å². The summed E-state index contributed by atoms with van der Waals surface area (Å²) in [6, 6.07) is 7.78. The number of carbonyl (C=O) groups is 2. The number of halogens is 1. The molecule has 5 heteroatoms. The molecule has 1 aromatic carbocycles. The number of amides is 1. The summed E-state index contributed by atoms with van der Waals surface area (Å²) in [5.74, 6) is -1.52. The average Bonchev–Trinajstić information content (AvgIpc) is 2.29. The molecule has 0 radical (unpaired) electrons. The standard InChI is InChI=1S/C12H14BrNO3/c1-2-17-12(16)11(15)14-7-6-9-4-3-5-10(13)8-9/h3-5,8H,2,6-7H2,1H3,(H,14,15). The first-order valence-electron chi connectivity index (χ1n) is 5.33. The highest BCUT2D eigenvalue weighted by Gasteiger charge is 2.13. The highest BCUT2D eigenvalue weighted by molar-refractivity contribution is 9.10. The molecule has 92 valence electrons. The van der Waals surface area contributed by atoms with Crippen LogP contribution in [0, 0.1) is 0 Å². The average molecular weight is 300 g/mol. The van der Waals surface area contributed by atoms with E-state index in [2.05, 4.69) is 26.0 Å². The second-order valence-electron chi connectivity index (χ2n) is 3.36. The Morgan fingerprint density at radius 3 is 2.82 bits per heavy atom. The molecule has 0 bridgehead atoms. The highest BCUT2D eigenvalue weighted by Crippen LogP contribution is 2.11. The maximum atomic E-state index is 11.2. The number of ether oxygens (including phenoxy) is 1. The van der Waals surface area contributed by atoms with Crippen molar-refractivity contribution < 1.29 is 14.3 Å². The number of hydrogen-bond acceptors (Lipinski definition) is 3. The molecule has 0 saturated heterocycles. The van der Waals surface area contributed by atoms with Crippen LogP contribution in [-0.2, 0) is 20.7 Å². The van der Waals surface area contributed by atoms with Gasteiger partial charge < -0.3 is 10.1 Å². The Morgan fingerprint density at radius 1 is 1.41 bits per heavy atom. The van der Waals surface area contributed by atoms with Crippen LogP contribution in [0.3, 0.4) is 0 Å². The highest BCUT2D eigenvalue weighted by atomic mass is 79.9. The van der Waals surface area contributed by atoms with Gasteiger partial charge in [-0.05, 0) is 31.0 Å². The first-order chi connectivity index (χ1) is 8.13. The number of rotatable bonds is 4. The maximum Gasteiger partial charge on any atom is 0.396 e. The van der Waals surface area contributed by atoms with E-state index in [0.717, 1.165) is 10.0 Å². The molecule has 0 saturated carbocycles. The molecule has 0 spiro atoms. The second-order valence-corrected chi connectivity index (χ2v) is 4.27. The van der Waals surface area contributed by atoms with Crippen LogP contribution in [0.5, 0.6) is 0 Å². The summed E-state index contributed by atoms with van der Waals surface area (Å²) in [5.41, 5.74) is 1.09. The summed E-state index contributed by atoms with van der Waals surface area (Å²) in [4.78, 5) is 22.2. The van der Waals surface area contributed by atoms with Crippen LogP contribution in [0.4, 0.5) is 0 Å². The summed E-state index contributed by atoms with van der Waals surface area (Å²) >= 11 is 3.37. The summed E-state index contributed by atoms with van der Waals surface area (Å²) < 4.78 is 5.56. The third-order valence-corrected chi connectivity index (χ3v) is 2.54. The number of carbonyl (C=O) groups excluding carboxylic acids is 2. The molecule has 1 amide bonds. The van der Waals surface area contributed by atoms with E-state index in [4.69, 9.17) is 0 Å². The van der Waals surface area contributed by atoms with Gasteiger partial charge in [0.25, 0.3) is 0 Å². The largest absolute Gasteiger partial charge is 0.459 e. The SMILES string of the molecule is CCOC(=O)C(=O)NCCc1cccc(Br)c1. The topological polar surface area (TPSA) is 55.4 Å². The first kappa shape index (κ1) is 13.7. The van der Waals surface area contributed by atoms with E-state index in [-0.39, 0.29) is 6.61 Å². The summed E-state index contributed by atoms with van der Waals surface area (Å²) in [5, 5.41) is 2.51. The Balaban J connectivity index is 2.33. The van der Waals surface area contributed by atoms with E-state index < -0.39 is 11.9 Å². The van der Waals surface area contributed by atoms with Crippen molar-refractivity contribution in [3.63, 3.8) is 0 Å². The minimum atomic E-state index is -0.832. The van der Waals surface area contributed by atoms with Crippen molar-refractivity contribution in [2.45, 2.75) is 13.3 Å². The number of hydrogen-bond donors (Lipinski definition) is 1. The van der Waals surface area contributed by atoms with Crippen molar-refractivity contribution in [1.29, 1.82) is 0 Å². The molecule has 0 unspecified atom stereocenters. The minimum Gasteiger partial charge on any atom is -0.459 e. The molecule has 0 fully saturated rings. The number of nitrogens with one attached hydrogen (secondary N) is 1. The quantitative estimate of drug-likeness (QED) is 0.680. The lowest BCUT2D eigenvalue weighted by atomic mass is 10.1. The van der Waals surface area contributed by atoms with Gasteiger partial charge in [0.2, 0.25) is 0 Å². The zero-order chi connectivity index (χ0) is 12.7. The van der Waals surface area contributed by atoms with Crippen molar-refractivity contribution in [2.75, 3.05) is 13.2 Å². The Morgan fingerprint density at radius 2 is 2.18 bits per heavy atom. The van der Waals surface area contributed by atoms with Crippen LogP contribution in [0.15, 0.2) is 28.7 Å². The fourth-order valence-corrected chi connectivity index (χ4v) is 1.73. The van der Waals surface area contributed by atoms with Crippen molar-refractivity contribution >= 4 is 27.8 Å². The van der Waals surface area contributed by atoms with Crippen molar-refractivity contribution in [1.82, 2.24) is 5.32 Å². The predicted octanol–water partition coefficient (Wildman–Crippen LogP) is 1.67. The lowest BCUT2D eigenvalue weighted by molar-refractivity contribution is -0.154. The number of benzene rings is 1. The normalized spacial score (nSPS) is 9.76. The van der Waals surface area contributed by atoms with Gasteiger partial charge in [-0.2, -0.15) is 0 Å². The lowest BCUT2D eigenvalue weighted by Crippen LogP contribution is -2.33. The molecule has 0 aliphatic rings. The van der Waals surface area contributed by atoms with Crippen LogP contribution in [0.2, 0.25) is 0 Å². The van der Waals surface area contributed by atoms with Gasteiger partial charge in [0, 0.05) is 11.0 Å². The van der Waals surface area contributed by atoms with Crippen LogP contribution in [-0.4, -0.2) is 25.0 Å². The van der Waals surface area contributed by atoms with Gasteiger partial charge in [0.15, 0.2) is 0 Å². The molecule has 4 nitrogen and oxygen atoms in total. The predicted molar refractivity (Wildman–Crippen MR) is 67.5 cm³/mol. The van der Waals surface area contributed by atoms with Gasteiger partial charge in [-0.3, -0.25) is 4.79 Å². The molecule has 0 aromatic heterocycles. The fourth-order valence-electron chi connectivity index (χ4n) is 1.28. The van der Waals surface area contributed by atoms with Gasteiger partial charge in [-0.1, -0.05) is 28.1 Å². The molecule has 0 heterocycles. The van der Waals surface area contributed by atoms with E-state index in [1.165, 1.54) is 0 Å². The molecule has 0 aliphatic heterocycles. The van der Waals surface area contributed by atoms with E-state index in [1.54, 1.807) is 6.92 Å². The molecule has 0 aliphatic carbocycles. The monoisotopic (exact) mass is 299 g/mol. The Kier molecular flexibility index (Phi) is 5.69. The summed E-state index contributed by atoms with van der Waals surface area (Å²) in [7, 11) is 0. The van der Waals surface area contributed by atoms with E-state index in [1.807, 2.05) is 24.3 Å². The zero-order valence-corrected chi connectivity index (χ0v) is 11.1. The maximum absolute atomic E-state index is 11.2. The zero-order valence-electron chi connectivity index (χ0n) is 9.53. The van der Waals surface area contributed by atoms with Crippen molar-refractivity contribution in [2.24, 2.45) is 0 Å². The van der Waals surface area contributed by atoms with Crippen LogP contribution >= 0.6 is 15.9 Å². The lowest BCUT2D eigenvalue weighted by Gasteiger charge is -2.05. The summed E-state index contributed by atoms with van der Waals surface area (Å²) in [6.07, 6.45) is 0.671. The smallest absolute Gasteiger partial charge is 0.396 e. The van der Waals surface area contributed by atoms with Crippen molar-refractivity contribution in [3.05, 3.63) is 34.3 Å². The third kappa shape index (κ3) is 4.99. The van der Waals surface area contributed by atoms with Gasteiger partial charge in [0.1, 0.15) is 0 Å². The fraction of sp³-hybridized carbons (Fsp3) is 0.333. The number of esters is 1. The summed E-state index contributed by atoms with van der Waals surface area (Å²) in [6.45, 7) is 2.28. The van der Waals surface area contributed by atoms with Crippen LogP contribution < -0.4 is 5.32 Å². The van der Waals surface area contributed by atoms with E-state index in [0.29, 0.717) is 13.0 Å². The van der Waals surface area contributed by atoms with E-state index >= 15 is 0 Å². The molecule has 1 rings (SSSR count). The second kappa shape index (κ2) is 7.06. The van der Waals surface area contributed by atoms with Gasteiger partial charge in [-0.15, -0.1) is 0 Å². The molecule has 17 heavy (non-hydrogen) atoms. The first-order valence-corrected chi connectivity index (χ1v) is 6.12. The molecule has 1 N–H and O–H groups in total. The van der Waals surface area contributed by atoms with Crippen molar-refractivity contribution in [3.8, 4) is 0 Å². The van der Waals surface area contributed by atoms with Gasteiger partial charge in [0.05, 0.1) is 6.61 Å². The Bertz CT molecular complexity index is 406. The van der Waals surface area contributed by atoms with E-state index in [9.17, 15) is 9.59 Å². The molecular formula is C12H14BrNO3. The Hall–Kier alpha value is -1.36. The van der Waals surface area contributed by atoms with Crippen LogP contribution in [0.25, 0.3) is 0 Å². The molecule has 1 aromatic rings. The Labute approximate surface area is 108 Å². The third-order valence-electron chi connectivity index (χ3n) is 2.05. The molecular weight excluding hydrogens is 286 g/mol. The van der Waals surface area contributed by atoms with Gasteiger partial charge in [-0.25, -0.2) is 4.79 Å². The minimum absolute atomic E-state index is 0.206. The molecule has 0 atom stereocenters. The van der Waals surface area contributed by atoms with Crippen LogP contribution in [0.1, 0.15) is 12.5 Å².